The van der Waals surface area contributed by atoms with Crippen LogP contribution in [0.4, 0.5) is 20.6 Å². The number of hydrogen-bond acceptors (Lipinski definition) is 5. The number of nitrogens with one attached hydrogen (secondary N) is 2. The molecular formula is C23H22FN5O3. The summed E-state index contributed by atoms with van der Waals surface area (Å²) < 4.78 is 20.1. The van der Waals surface area contributed by atoms with Gasteiger partial charge in [-0.1, -0.05) is 6.07 Å². The first kappa shape index (κ1) is 21.3. The molecule has 2 aromatic carbocycles. The molecule has 4 aromatic rings. The van der Waals surface area contributed by atoms with E-state index in [4.69, 9.17) is 4.74 Å². The van der Waals surface area contributed by atoms with Crippen molar-refractivity contribution in [1.82, 2.24) is 15.0 Å². The Morgan fingerprint density at radius 1 is 1.22 bits per heavy atom. The van der Waals surface area contributed by atoms with Gasteiger partial charge in [0.1, 0.15) is 23.5 Å². The largest absolute Gasteiger partial charge is 0.497 e. The lowest BCUT2D eigenvalue weighted by molar-refractivity contribution is 0.252. The van der Waals surface area contributed by atoms with Crippen molar-refractivity contribution >= 4 is 28.4 Å². The highest BCUT2D eigenvalue weighted by Crippen LogP contribution is 2.30. The summed E-state index contributed by atoms with van der Waals surface area (Å²) in [4.78, 5) is 25.7. The van der Waals surface area contributed by atoms with Crippen molar-refractivity contribution in [2.24, 2.45) is 0 Å². The van der Waals surface area contributed by atoms with E-state index in [0.717, 1.165) is 10.9 Å². The summed E-state index contributed by atoms with van der Waals surface area (Å²) in [5.41, 5.74) is 3.35. The van der Waals surface area contributed by atoms with Crippen molar-refractivity contribution in [2.75, 3.05) is 30.5 Å². The van der Waals surface area contributed by atoms with E-state index < -0.39 is 11.8 Å². The Kier molecular flexibility index (Phi) is 6.00. The molecule has 9 heteroatoms. The number of urea groups is 1. The first-order chi connectivity index (χ1) is 15.5. The van der Waals surface area contributed by atoms with Crippen LogP contribution in [0.1, 0.15) is 5.56 Å². The number of benzene rings is 2. The van der Waals surface area contributed by atoms with Gasteiger partial charge in [-0.2, -0.15) is 0 Å². The van der Waals surface area contributed by atoms with E-state index in [2.05, 4.69) is 20.3 Å². The summed E-state index contributed by atoms with van der Waals surface area (Å²) in [5, 5.41) is 12.8. The molecule has 0 bridgehead atoms. The van der Waals surface area contributed by atoms with Crippen molar-refractivity contribution in [1.29, 1.82) is 0 Å². The minimum absolute atomic E-state index is 0.0197. The molecule has 2 amide bonds. The third kappa shape index (κ3) is 4.10. The standard InChI is InChI=1S/C23H22FN5O3/c1-14-12-25-22-20(14)21(26-13-27-22)15-3-8-19(18(24)11-15)28-23(31)29(9-10-30)16-4-6-17(32-2)7-5-16/h3-8,11-13,30H,9-10H2,1-2H3,(H,28,31)(H,25,26,27). The maximum Gasteiger partial charge on any atom is 0.326 e. The van der Waals surface area contributed by atoms with Crippen LogP contribution in [0, 0.1) is 12.7 Å². The van der Waals surface area contributed by atoms with Crippen molar-refractivity contribution in [3.05, 3.63) is 66.4 Å². The van der Waals surface area contributed by atoms with E-state index in [1.165, 1.54) is 23.4 Å². The number of H-pyrrole nitrogens is 1. The molecule has 2 aromatic heterocycles. The Balaban J connectivity index is 1.59. The van der Waals surface area contributed by atoms with E-state index >= 15 is 0 Å². The number of nitrogens with zero attached hydrogens (tertiary/aromatic N) is 3. The average Bonchev–Trinajstić information content (AvgIpc) is 3.20. The number of rotatable bonds is 6. The smallest absolute Gasteiger partial charge is 0.326 e. The number of aromatic amines is 1. The van der Waals surface area contributed by atoms with Crippen LogP contribution in [-0.2, 0) is 0 Å². The zero-order valence-electron chi connectivity index (χ0n) is 17.6. The second kappa shape index (κ2) is 9.03. The summed E-state index contributed by atoms with van der Waals surface area (Å²) >= 11 is 0. The second-order valence-corrected chi connectivity index (χ2v) is 7.12. The van der Waals surface area contributed by atoms with Crippen LogP contribution in [0.15, 0.2) is 55.0 Å². The van der Waals surface area contributed by atoms with Crippen LogP contribution in [-0.4, -0.2) is 46.4 Å². The van der Waals surface area contributed by atoms with E-state index in [1.807, 2.05) is 13.1 Å². The molecule has 4 rings (SSSR count). The molecular weight excluding hydrogens is 413 g/mol. The second-order valence-electron chi connectivity index (χ2n) is 7.12. The molecule has 0 saturated carbocycles. The molecule has 0 unspecified atom stereocenters. The van der Waals surface area contributed by atoms with Gasteiger partial charge in [-0.15, -0.1) is 0 Å². The third-order valence-electron chi connectivity index (χ3n) is 5.10. The van der Waals surface area contributed by atoms with Gasteiger partial charge in [0.15, 0.2) is 0 Å². The topological polar surface area (TPSA) is 103 Å². The number of carbonyl (C=O) groups excluding carboxylic acids is 1. The SMILES string of the molecule is COc1ccc(N(CCO)C(=O)Nc2ccc(-c3ncnc4[nH]cc(C)c34)cc2F)cc1. The molecule has 2 heterocycles. The molecule has 164 valence electrons. The number of aliphatic hydroxyl groups is 1. The molecule has 0 aliphatic carbocycles. The fraction of sp³-hybridized carbons (Fsp3) is 0.174. The summed E-state index contributed by atoms with van der Waals surface area (Å²) in [6.45, 7) is 1.72. The first-order valence-electron chi connectivity index (χ1n) is 9.94. The Labute approximate surface area is 183 Å². The van der Waals surface area contributed by atoms with Crippen molar-refractivity contribution in [2.45, 2.75) is 6.92 Å². The van der Waals surface area contributed by atoms with Crippen LogP contribution in [0.25, 0.3) is 22.3 Å². The zero-order chi connectivity index (χ0) is 22.7. The van der Waals surface area contributed by atoms with Crippen LogP contribution in [0.2, 0.25) is 0 Å². The molecule has 0 spiro atoms. The minimum Gasteiger partial charge on any atom is -0.497 e. The lowest BCUT2D eigenvalue weighted by atomic mass is 10.1. The van der Waals surface area contributed by atoms with Gasteiger partial charge < -0.3 is 20.1 Å². The highest BCUT2D eigenvalue weighted by atomic mass is 19.1. The minimum atomic E-state index is -0.602. The highest BCUT2D eigenvalue weighted by molar-refractivity contribution is 6.02. The first-order valence-corrected chi connectivity index (χ1v) is 9.94. The van der Waals surface area contributed by atoms with Crippen LogP contribution < -0.4 is 15.0 Å². The predicted octanol–water partition coefficient (Wildman–Crippen LogP) is 4.11. The Morgan fingerprint density at radius 3 is 2.69 bits per heavy atom. The lowest BCUT2D eigenvalue weighted by Gasteiger charge is -2.23. The third-order valence-corrected chi connectivity index (χ3v) is 5.10. The zero-order valence-corrected chi connectivity index (χ0v) is 17.6. The van der Waals surface area contributed by atoms with Gasteiger partial charge in [0, 0.05) is 22.8 Å². The average molecular weight is 435 g/mol. The van der Waals surface area contributed by atoms with Gasteiger partial charge in [-0.3, -0.25) is 4.90 Å². The number of aliphatic hydroxyl groups excluding tert-OH is 1. The fourth-order valence-electron chi connectivity index (χ4n) is 3.49. The number of methoxy groups -OCH3 is 1. The van der Waals surface area contributed by atoms with Crippen LogP contribution in [0.5, 0.6) is 5.75 Å². The monoisotopic (exact) mass is 435 g/mol. The summed E-state index contributed by atoms with van der Waals surface area (Å²) in [7, 11) is 1.55. The number of fused-ring (bicyclic) bond motifs is 1. The van der Waals surface area contributed by atoms with Crippen molar-refractivity contribution in [3.63, 3.8) is 0 Å². The number of anilines is 2. The van der Waals surface area contributed by atoms with Gasteiger partial charge in [0.2, 0.25) is 0 Å². The van der Waals surface area contributed by atoms with E-state index in [-0.39, 0.29) is 18.8 Å². The molecule has 0 atom stereocenters. The Hall–Kier alpha value is -3.98. The molecule has 0 saturated heterocycles. The van der Waals surface area contributed by atoms with Crippen LogP contribution >= 0.6 is 0 Å². The van der Waals surface area contributed by atoms with Gasteiger partial charge in [-0.05, 0) is 48.9 Å². The van der Waals surface area contributed by atoms with E-state index in [0.29, 0.717) is 28.3 Å². The quantitative estimate of drug-likeness (QED) is 0.423. The predicted molar refractivity (Wildman–Crippen MR) is 120 cm³/mol. The summed E-state index contributed by atoms with van der Waals surface area (Å²) in [6.07, 6.45) is 3.24. The van der Waals surface area contributed by atoms with Crippen molar-refractivity contribution < 1.29 is 19.0 Å². The van der Waals surface area contributed by atoms with Gasteiger partial charge in [0.05, 0.1) is 31.6 Å². The number of halogens is 1. The number of amides is 2. The molecule has 0 aliphatic rings. The highest BCUT2D eigenvalue weighted by Gasteiger charge is 2.18. The molecule has 0 aliphatic heterocycles. The normalized spacial score (nSPS) is 10.9. The molecule has 3 N–H and O–H groups in total. The number of hydrogen-bond donors (Lipinski definition) is 3. The molecule has 8 nitrogen and oxygen atoms in total. The number of aromatic nitrogens is 3. The lowest BCUT2D eigenvalue weighted by Crippen LogP contribution is -2.37. The Bertz CT molecular complexity index is 1260. The summed E-state index contributed by atoms with van der Waals surface area (Å²) in [6, 6.07) is 10.7. The van der Waals surface area contributed by atoms with E-state index in [1.54, 1.807) is 37.4 Å². The number of ether oxygens (including phenoxy) is 1. The maximum atomic E-state index is 14.9. The van der Waals surface area contributed by atoms with Gasteiger partial charge >= 0.3 is 6.03 Å². The maximum absolute atomic E-state index is 14.9. The van der Waals surface area contributed by atoms with Gasteiger partial charge in [-0.25, -0.2) is 19.2 Å². The van der Waals surface area contributed by atoms with E-state index in [9.17, 15) is 14.3 Å². The number of aryl methyl sites for hydroxylation is 1. The summed E-state index contributed by atoms with van der Waals surface area (Å²) in [5.74, 6) is 0.0331. The van der Waals surface area contributed by atoms with Gasteiger partial charge in [0.25, 0.3) is 0 Å². The van der Waals surface area contributed by atoms with Crippen LogP contribution in [0.3, 0.4) is 0 Å². The molecule has 0 radical (unpaired) electrons. The van der Waals surface area contributed by atoms with Crippen molar-refractivity contribution in [3.8, 4) is 17.0 Å². The molecule has 0 fully saturated rings. The molecule has 32 heavy (non-hydrogen) atoms. The number of carbonyl (C=O) groups is 1. The Morgan fingerprint density at radius 2 is 2.00 bits per heavy atom. The fourth-order valence-corrected chi connectivity index (χ4v) is 3.49.